The van der Waals surface area contributed by atoms with Gasteiger partial charge in [-0.1, -0.05) is 43.5 Å². The fraction of sp³-hybridized carbons (Fsp3) is 0.611. The number of ether oxygens (including phenoxy) is 1. The van der Waals surface area contributed by atoms with Gasteiger partial charge in [0, 0.05) is 6.04 Å². The van der Waals surface area contributed by atoms with Crippen LogP contribution in [0.25, 0.3) is 0 Å². The minimum atomic E-state index is -0.159. The number of carbonyl (C=O) groups is 1. The second kappa shape index (κ2) is 8.18. The van der Waals surface area contributed by atoms with Crippen molar-refractivity contribution in [2.24, 2.45) is 0 Å². The molecule has 1 aliphatic carbocycles. The van der Waals surface area contributed by atoms with E-state index in [1.165, 1.54) is 50.3 Å². The molecular formula is C18H27NO2. The van der Waals surface area contributed by atoms with E-state index in [1.54, 1.807) is 0 Å². The molecule has 1 aliphatic rings. The number of methoxy groups -OCH3 is 1. The maximum Gasteiger partial charge on any atom is 0.307 e. The van der Waals surface area contributed by atoms with Crippen molar-refractivity contribution >= 4 is 5.97 Å². The number of esters is 1. The van der Waals surface area contributed by atoms with Gasteiger partial charge in [-0.2, -0.15) is 0 Å². The number of nitrogens with one attached hydrogen (secondary N) is 1. The van der Waals surface area contributed by atoms with Gasteiger partial charge in [-0.05, 0) is 43.4 Å². The van der Waals surface area contributed by atoms with E-state index in [1.807, 2.05) is 7.05 Å². The summed E-state index contributed by atoms with van der Waals surface area (Å²) in [5, 5.41) is 3.19. The summed E-state index contributed by atoms with van der Waals surface area (Å²) in [6.45, 7) is 0. The van der Waals surface area contributed by atoms with Gasteiger partial charge in [-0.25, -0.2) is 0 Å². The average molecular weight is 289 g/mol. The largest absolute Gasteiger partial charge is 0.469 e. The molecule has 3 nitrogen and oxygen atoms in total. The Hall–Kier alpha value is -1.35. The lowest BCUT2D eigenvalue weighted by Gasteiger charge is -2.22. The van der Waals surface area contributed by atoms with E-state index in [0.717, 1.165) is 12.3 Å². The molecule has 1 saturated carbocycles. The Kier molecular flexibility index (Phi) is 6.24. The summed E-state index contributed by atoms with van der Waals surface area (Å²) in [6, 6.07) is 9.11. The molecule has 0 amide bonds. The Morgan fingerprint density at radius 1 is 1.24 bits per heavy atom. The van der Waals surface area contributed by atoms with Crippen LogP contribution in [0.1, 0.15) is 55.6 Å². The molecule has 0 spiro atoms. The van der Waals surface area contributed by atoms with Crippen molar-refractivity contribution in [1.82, 2.24) is 5.32 Å². The summed E-state index contributed by atoms with van der Waals surface area (Å²) in [4.78, 5) is 11.4. The van der Waals surface area contributed by atoms with Gasteiger partial charge < -0.3 is 10.1 Å². The van der Waals surface area contributed by atoms with Crippen molar-refractivity contribution in [1.29, 1.82) is 0 Å². The lowest BCUT2D eigenvalue weighted by molar-refractivity contribution is -0.141. The number of rotatable bonds is 6. The van der Waals surface area contributed by atoms with E-state index in [-0.39, 0.29) is 12.0 Å². The maximum atomic E-state index is 11.4. The number of carbonyl (C=O) groups excluding carboxylic acids is 1. The van der Waals surface area contributed by atoms with E-state index >= 15 is 0 Å². The van der Waals surface area contributed by atoms with Crippen LogP contribution < -0.4 is 5.32 Å². The minimum Gasteiger partial charge on any atom is -0.469 e. The van der Waals surface area contributed by atoms with Crippen molar-refractivity contribution in [2.75, 3.05) is 14.2 Å². The van der Waals surface area contributed by atoms with Crippen molar-refractivity contribution in [3.05, 3.63) is 35.4 Å². The quantitative estimate of drug-likeness (QED) is 0.815. The fourth-order valence-electron chi connectivity index (χ4n) is 3.21. The summed E-state index contributed by atoms with van der Waals surface area (Å²) >= 11 is 0. The lowest BCUT2D eigenvalue weighted by atomic mass is 9.84. The first-order chi connectivity index (χ1) is 10.2. The topological polar surface area (TPSA) is 38.3 Å². The number of hydrogen-bond acceptors (Lipinski definition) is 3. The second-order valence-corrected chi connectivity index (χ2v) is 6.05. The van der Waals surface area contributed by atoms with Gasteiger partial charge in [0.25, 0.3) is 0 Å². The highest BCUT2D eigenvalue weighted by atomic mass is 16.5. The molecule has 1 atom stereocenters. The second-order valence-electron chi connectivity index (χ2n) is 6.05. The molecule has 0 aliphatic heterocycles. The van der Waals surface area contributed by atoms with Crippen LogP contribution in [0, 0.1) is 0 Å². The molecule has 0 bridgehead atoms. The molecule has 0 heterocycles. The highest BCUT2D eigenvalue weighted by Gasteiger charge is 2.16. The van der Waals surface area contributed by atoms with E-state index in [9.17, 15) is 4.79 Å². The summed E-state index contributed by atoms with van der Waals surface area (Å²) in [5.74, 6) is 0.594. The molecule has 2 rings (SSSR count). The Balaban J connectivity index is 1.92. The van der Waals surface area contributed by atoms with Gasteiger partial charge in [0.1, 0.15) is 0 Å². The Morgan fingerprint density at radius 2 is 1.90 bits per heavy atom. The van der Waals surface area contributed by atoms with Crippen LogP contribution in [0.3, 0.4) is 0 Å². The third-order valence-electron chi connectivity index (χ3n) is 4.59. The van der Waals surface area contributed by atoms with Gasteiger partial charge in [0.2, 0.25) is 0 Å². The van der Waals surface area contributed by atoms with Crippen LogP contribution in [0.2, 0.25) is 0 Å². The highest BCUT2D eigenvalue weighted by Crippen LogP contribution is 2.32. The molecular weight excluding hydrogens is 262 g/mol. The van der Waals surface area contributed by atoms with Gasteiger partial charge in [-0.3, -0.25) is 4.79 Å². The fourth-order valence-corrected chi connectivity index (χ4v) is 3.21. The molecule has 0 radical (unpaired) electrons. The summed E-state index contributed by atoms with van der Waals surface area (Å²) in [5.41, 5.74) is 2.75. The Labute approximate surface area is 128 Å². The number of likely N-dealkylation sites (N-methyl/N-ethyl adjacent to an activating group) is 1. The van der Waals surface area contributed by atoms with E-state index in [0.29, 0.717) is 6.42 Å². The third-order valence-corrected chi connectivity index (χ3v) is 4.59. The van der Waals surface area contributed by atoms with Crippen molar-refractivity contribution < 1.29 is 9.53 Å². The first kappa shape index (κ1) is 16.0. The van der Waals surface area contributed by atoms with Crippen LogP contribution >= 0.6 is 0 Å². The predicted octanol–water partition coefficient (Wildman–Crippen LogP) is 3.43. The molecule has 1 N–H and O–H groups in total. The molecule has 3 heteroatoms. The SMILES string of the molecule is CNC(CC(=O)OC)Cc1ccc(C2CCCCC2)cc1. The first-order valence-electron chi connectivity index (χ1n) is 8.06. The number of benzene rings is 1. The first-order valence-corrected chi connectivity index (χ1v) is 8.06. The summed E-state index contributed by atoms with van der Waals surface area (Å²) in [7, 11) is 3.33. The van der Waals surface area contributed by atoms with E-state index < -0.39 is 0 Å². The van der Waals surface area contributed by atoms with E-state index in [2.05, 4.69) is 29.6 Å². The Morgan fingerprint density at radius 3 is 2.48 bits per heavy atom. The van der Waals surface area contributed by atoms with E-state index in [4.69, 9.17) is 4.74 Å². The van der Waals surface area contributed by atoms with Gasteiger partial charge in [0.15, 0.2) is 0 Å². The molecule has 116 valence electrons. The molecule has 0 aromatic heterocycles. The maximum absolute atomic E-state index is 11.4. The van der Waals surface area contributed by atoms with Gasteiger partial charge in [0.05, 0.1) is 13.5 Å². The smallest absolute Gasteiger partial charge is 0.307 e. The van der Waals surface area contributed by atoms with Gasteiger partial charge >= 0.3 is 5.97 Å². The lowest BCUT2D eigenvalue weighted by Crippen LogP contribution is -2.30. The summed E-state index contributed by atoms with van der Waals surface area (Å²) < 4.78 is 4.74. The van der Waals surface area contributed by atoms with Crippen LogP contribution in [0.5, 0.6) is 0 Å². The average Bonchev–Trinajstić information content (AvgIpc) is 2.55. The van der Waals surface area contributed by atoms with Crippen LogP contribution in [-0.2, 0) is 16.0 Å². The van der Waals surface area contributed by atoms with Crippen LogP contribution in [0.4, 0.5) is 0 Å². The van der Waals surface area contributed by atoms with Crippen LogP contribution in [-0.4, -0.2) is 26.2 Å². The Bertz CT molecular complexity index is 435. The third kappa shape index (κ3) is 4.85. The van der Waals surface area contributed by atoms with Gasteiger partial charge in [-0.15, -0.1) is 0 Å². The molecule has 1 aromatic carbocycles. The monoisotopic (exact) mass is 289 g/mol. The van der Waals surface area contributed by atoms with Crippen molar-refractivity contribution in [2.45, 2.75) is 56.9 Å². The zero-order chi connectivity index (χ0) is 15.1. The van der Waals surface area contributed by atoms with Crippen LogP contribution in [0.15, 0.2) is 24.3 Å². The molecule has 1 fully saturated rings. The zero-order valence-electron chi connectivity index (χ0n) is 13.2. The standard InChI is InChI=1S/C18H27NO2/c1-19-17(13-18(20)21-2)12-14-8-10-16(11-9-14)15-6-4-3-5-7-15/h8-11,15,17,19H,3-7,12-13H2,1-2H3. The minimum absolute atomic E-state index is 0.137. The zero-order valence-corrected chi connectivity index (χ0v) is 13.2. The van der Waals surface area contributed by atoms with Crippen molar-refractivity contribution in [3.8, 4) is 0 Å². The molecule has 1 aromatic rings. The molecule has 0 saturated heterocycles. The molecule has 1 unspecified atom stereocenters. The predicted molar refractivity (Wildman–Crippen MR) is 85.5 cm³/mol. The number of hydrogen-bond donors (Lipinski definition) is 1. The molecule has 21 heavy (non-hydrogen) atoms. The highest BCUT2D eigenvalue weighted by molar-refractivity contribution is 5.69. The summed E-state index contributed by atoms with van der Waals surface area (Å²) in [6.07, 6.45) is 8.07. The van der Waals surface area contributed by atoms with Crippen molar-refractivity contribution in [3.63, 3.8) is 0 Å². The normalized spacial score (nSPS) is 17.4.